The van der Waals surface area contributed by atoms with E-state index in [0.29, 0.717) is 11.7 Å². The normalized spacial score (nSPS) is 10.9. The Morgan fingerprint density at radius 1 is 1.14 bits per heavy atom. The molecule has 4 aromatic rings. The molecule has 0 aliphatic carbocycles. The van der Waals surface area contributed by atoms with E-state index in [1.54, 1.807) is 30.1 Å². The van der Waals surface area contributed by atoms with Crippen LogP contribution in [0.1, 0.15) is 0 Å². The van der Waals surface area contributed by atoms with Gasteiger partial charge in [0.25, 0.3) is 5.89 Å². The fourth-order valence-corrected chi connectivity index (χ4v) is 2.54. The van der Waals surface area contributed by atoms with Crippen LogP contribution in [-0.2, 0) is 0 Å². The maximum atomic E-state index is 5.27. The summed E-state index contributed by atoms with van der Waals surface area (Å²) in [6.45, 7) is 0. The first-order chi connectivity index (χ1) is 10.4. The average molecular weight is 295 g/mol. The molecule has 0 N–H and O–H groups in total. The fraction of sp³-hybridized carbons (Fsp3) is 0. The molecule has 0 aliphatic heterocycles. The number of hydrogen-bond acceptors (Lipinski definition) is 6. The molecule has 6 nitrogen and oxygen atoms in total. The van der Waals surface area contributed by atoms with E-state index in [4.69, 9.17) is 4.52 Å². The van der Waals surface area contributed by atoms with Gasteiger partial charge in [-0.05, 0) is 23.6 Å². The van der Waals surface area contributed by atoms with Gasteiger partial charge in [-0.1, -0.05) is 5.16 Å². The third-order valence-corrected chi connectivity index (χ3v) is 3.65. The molecule has 4 aromatic heterocycles. The van der Waals surface area contributed by atoms with Gasteiger partial charge in [-0.25, -0.2) is 9.97 Å². The van der Waals surface area contributed by atoms with Crippen LogP contribution < -0.4 is 0 Å². The molecule has 0 bridgehead atoms. The van der Waals surface area contributed by atoms with E-state index in [1.807, 2.05) is 39.7 Å². The van der Waals surface area contributed by atoms with Gasteiger partial charge in [-0.3, -0.25) is 4.57 Å². The summed E-state index contributed by atoms with van der Waals surface area (Å²) < 4.78 is 7.10. The molecule has 0 unspecified atom stereocenters. The summed E-state index contributed by atoms with van der Waals surface area (Å²) in [7, 11) is 0. The Morgan fingerprint density at radius 2 is 2.14 bits per heavy atom. The quantitative estimate of drug-likeness (QED) is 0.581. The Balaban J connectivity index is 1.65. The third-order valence-electron chi connectivity index (χ3n) is 2.97. The van der Waals surface area contributed by atoms with Crippen LogP contribution in [0.25, 0.3) is 28.7 Å². The SMILES string of the molecule is c1cn(-c2ccc(-c3noc(-c4ccsc4)n3)cn2)cn1. The van der Waals surface area contributed by atoms with E-state index >= 15 is 0 Å². The van der Waals surface area contributed by atoms with Gasteiger partial charge < -0.3 is 4.52 Å². The fourth-order valence-electron chi connectivity index (χ4n) is 1.91. The summed E-state index contributed by atoms with van der Waals surface area (Å²) in [6, 6.07) is 5.74. The summed E-state index contributed by atoms with van der Waals surface area (Å²) in [4.78, 5) is 12.8. The van der Waals surface area contributed by atoms with Gasteiger partial charge in [0.1, 0.15) is 12.1 Å². The smallest absolute Gasteiger partial charge is 0.259 e. The van der Waals surface area contributed by atoms with Crippen molar-refractivity contribution in [1.82, 2.24) is 24.7 Å². The van der Waals surface area contributed by atoms with Crippen LogP contribution in [0.4, 0.5) is 0 Å². The maximum Gasteiger partial charge on any atom is 0.259 e. The largest absolute Gasteiger partial charge is 0.334 e. The zero-order valence-corrected chi connectivity index (χ0v) is 11.6. The number of hydrogen-bond donors (Lipinski definition) is 0. The lowest BCUT2D eigenvalue weighted by atomic mass is 10.2. The Morgan fingerprint density at radius 3 is 2.86 bits per heavy atom. The summed E-state index contributed by atoms with van der Waals surface area (Å²) in [6.07, 6.45) is 6.97. The molecule has 0 aliphatic rings. The molecule has 0 amide bonds. The zero-order chi connectivity index (χ0) is 14.1. The molecule has 4 rings (SSSR count). The topological polar surface area (TPSA) is 69.6 Å². The molecule has 102 valence electrons. The van der Waals surface area contributed by atoms with Crippen molar-refractivity contribution in [3.8, 4) is 28.7 Å². The second-order valence-corrected chi connectivity index (χ2v) is 5.09. The Labute approximate surface area is 123 Å². The molecule has 0 atom stereocenters. The van der Waals surface area contributed by atoms with Gasteiger partial charge in [-0.2, -0.15) is 16.3 Å². The van der Waals surface area contributed by atoms with E-state index in [1.165, 1.54) is 0 Å². The zero-order valence-electron chi connectivity index (χ0n) is 10.7. The van der Waals surface area contributed by atoms with Gasteiger partial charge in [-0.15, -0.1) is 0 Å². The lowest BCUT2D eigenvalue weighted by molar-refractivity contribution is 0.432. The van der Waals surface area contributed by atoms with Crippen molar-refractivity contribution in [1.29, 1.82) is 0 Å². The lowest BCUT2D eigenvalue weighted by Crippen LogP contribution is -1.94. The molecule has 0 spiro atoms. The Bertz CT molecular complexity index is 834. The van der Waals surface area contributed by atoms with E-state index < -0.39 is 0 Å². The summed E-state index contributed by atoms with van der Waals surface area (Å²) in [5.41, 5.74) is 1.74. The highest BCUT2D eigenvalue weighted by molar-refractivity contribution is 7.08. The summed E-state index contributed by atoms with van der Waals surface area (Å²) >= 11 is 1.59. The highest BCUT2D eigenvalue weighted by Gasteiger charge is 2.11. The van der Waals surface area contributed by atoms with Crippen molar-refractivity contribution in [2.75, 3.05) is 0 Å². The molecule has 4 heterocycles. The van der Waals surface area contributed by atoms with Crippen LogP contribution in [0.15, 0.2) is 58.4 Å². The Kier molecular flexibility index (Phi) is 2.82. The van der Waals surface area contributed by atoms with Gasteiger partial charge in [0.05, 0.1) is 5.56 Å². The van der Waals surface area contributed by atoms with Crippen LogP contribution in [0.2, 0.25) is 0 Å². The first-order valence-electron chi connectivity index (χ1n) is 6.21. The number of rotatable bonds is 3. The predicted octanol–water partition coefficient (Wildman–Crippen LogP) is 3.05. The monoisotopic (exact) mass is 295 g/mol. The van der Waals surface area contributed by atoms with Crippen molar-refractivity contribution in [2.24, 2.45) is 0 Å². The summed E-state index contributed by atoms with van der Waals surface area (Å²) in [5, 5.41) is 7.94. The predicted molar refractivity (Wildman–Crippen MR) is 78.0 cm³/mol. The Hall–Kier alpha value is -2.80. The molecule has 21 heavy (non-hydrogen) atoms. The number of imidazole rings is 1. The van der Waals surface area contributed by atoms with Crippen molar-refractivity contribution in [3.05, 3.63) is 53.9 Å². The van der Waals surface area contributed by atoms with E-state index in [-0.39, 0.29) is 0 Å². The number of nitrogens with zero attached hydrogens (tertiary/aromatic N) is 5. The van der Waals surface area contributed by atoms with Gasteiger partial charge in [0.2, 0.25) is 5.82 Å². The van der Waals surface area contributed by atoms with E-state index in [0.717, 1.165) is 16.9 Å². The minimum Gasteiger partial charge on any atom is -0.334 e. The minimum atomic E-state index is 0.518. The molecule has 0 aromatic carbocycles. The number of thiophene rings is 1. The average Bonchev–Trinajstić information content (AvgIpc) is 3.27. The molecule has 0 saturated carbocycles. The van der Waals surface area contributed by atoms with Crippen molar-refractivity contribution >= 4 is 11.3 Å². The highest BCUT2D eigenvalue weighted by Crippen LogP contribution is 2.23. The first kappa shape index (κ1) is 12.0. The maximum absolute atomic E-state index is 5.27. The molecular formula is C14H9N5OS. The van der Waals surface area contributed by atoms with Crippen molar-refractivity contribution in [2.45, 2.75) is 0 Å². The third kappa shape index (κ3) is 2.23. The highest BCUT2D eigenvalue weighted by atomic mass is 32.1. The van der Waals surface area contributed by atoms with Crippen LogP contribution in [0.3, 0.4) is 0 Å². The van der Waals surface area contributed by atoms with Crippen LogP contribution in [-0.4, -0.2) is 24.7 Å². The number of aromatic nitrogens is 5. The van der Waals surface area contributed by atoms with Crippen LogP contribution in [0.5, 0.6) is 0 Å². The van der Waals surface area contributed by atoms with E-state index in [2.05, 4.69) is 20.1 Å². The van der Waals surface area contributed by atoms with Crippen LogP contribution in [0, 0.1) is 0 Å². The molecule has 0 saturated heterocycles. The number of pyridine rings is 1. The molecule has 7 heteroatoms. The van der Waals surface area contributed by atoms with Crippen molar-refractivity contribution in [3.63, 3.8) is 0 Å². The minimum absolute atomic E-state index is 0.518. The van der Waals surface area contributed by atoms with Crippen molar-refractivity contribution < 1.29 is 4.52 Å². The van der Waals surface area contributed by atoms with Crippen LogP contribution >= 0.6 is 11.3 Å². The standard InChI is InChI=1S/C14H9N5OS/c1-2-12(19-5-4-15-9-19)16-7-10(1)13-17-14(20-18-13)11-3-6-21-8-11/h1-9H. The van der Waals surface area contributed by atoms with Gasteiger partial charge >= 0.3 is 0 Å². The van der Waals surface area contributed by atoms with Gasteiger partial charge in [0, 0.05) is 29.5 Å². The van der Waals surface area contributed by atoms with Gasteiger partial charge in [0.15, 0.2) is 0 Å². The second kappa shape index (κ2) is 4.95. The van der Waals surface area contributed by atoms with E-state index in [9.17, 15) is 0 Å². The molecular weight excluding hydrogens is 286 g/mol. The first-order valence-corrected chi connectivity index (χ1v) is 7.15. The lowest BCUT2D eigenvalue weighted by Gasteiger charge is -2.00. The molecule has 0 fully saturated rings. The second-order valence-electron chi connectivity index (χ2n) is 4.31. The summed E-state index contributed by atoms with van der Waals surface area (Å²) in [5.74, 6) is 1.84. The molecule has 0 radical (unpaired) electrons.